The predicted molar refractivity (Wildman–Crippen MR) is 98.3 cm³/mol. The predicted octanol–water partition coefficient (Wildman–Crippen LogP) is 3.63. The first-order chi connectivity index (χ1) is 11.9. The molecule has 0 aliphatic carbocycles. The van der Waals surface area contributed by atoms with Crippen LogP contribution >= 0.6 is 0 Å². The quantitative estimate of drug-likeness (QED) is 0.770. The summed E-state index contributed by atoms with van der Waals surface area (Å²) >= 11 is 0. The SMILES string of the molecule is CC[C@H]1C(=O)N(S(=O)(=O)c2ccc(C)cc2)[C@H]1C=Cc1ccccc1. The zero-order chi connectivity index (χ0) is 18.0. The van der Waals surface area contributed by atoms with Gasteiger partial charge in [0.15, 0.2) is 0 Å². The van der Waals surface area contributed by atoms with Gasteiger partial charge in [-0.2, -0.15) is 0 Å². The Morgan fingerprint density at radius 3 is 2.28 bits per heavy atom. The number of aryl methyl sites for hydroxylation is 1. The summed E-state index contributed by atoms with van der Waals surface area (Å²) in [6.07, 6.45) is 4.30. The highest BCUT2D eigenvalue weighted by Crippen LogP contribution is 2.36. The van der Waals surface area contributed by atoms with Crippen LogP contribution in [0, 0.1) is 12.8 Å². The molecule has 1 heterocycles. The molecular formula is C20H21NO3S. The van der Waals surface area contributed by atoms with Crippen LogP contribution in [0.15, 0.2) is 65.6 Å². The molecule has 3 rings (SSSR count). The van der Waals surface area contributed by atoms with Crippen molar-refractivity contribution < 1.29 is 13.2 Å². The molecule has 2 atom stereocenters. The van der Waals surface area contributed by atoms with Crippen LogP contribution < -0.4 is 0 Å². The molecule has 0 saturated carbocycles. The van der Waals surface area contributed by atoms with Crippen molar-refractivity contribution in [3.63, 3.8) is 0 Å². The molecule has 1 saturated heterocycles. The standard InChI is InChI=1S/C20H21NO3S/c1-3-18-19(14-11-16-7-5-4-6-8-16)21(20(18)22)25(23,24)17-12-9-15(2)10-13-17/h4-14,18-19H,3H2,1-2H3/t18-,19+/m1/s1. The fraction of sp³-hybridized carbons (Fsp3) is 0.250. The van der Waals surface area contributed by atoms with Crippen LogP contribution in [0.2, 0.25) is 0 Å². The van der Waals surface area contributed by atoms with Crippen molar-refractivity contribution >= 4 is 22.0 Å². The van der Waals surface area contributed by atoms with E-state index in [1.165, 1.54) is 0 Å². The number of amides is 1. The molecule has 1 aliphatic rings. The van der Waals surface area contributed by atoms with Gasteiger partial charge in [-0.05, 0) is 31.0 Å². The number of sulfonamides is 1. The Kier molecular flexibility index (Phi) is 4.77. The third-order valence-electron chi connectivity index (χ3n) is 4.52. The second kappa shape index (κ2) is 6.84. The highest BCUT2D eigenvalue weighted by molar-refractivity contribution is 7.89. The maximum atomic E-state index is 12.9. The van der Waals surface area contributed by atoms with Crippen LogP contribution in [0.3, 0.4) is 0 Å². The first-order valence-electron chi connectivity index (χ1n) is 8.33. The van der Waals surface area contributed by atoms with Gasteiger partial charge in [-0.3, -0.25) is 4.79 Å². The van der Waals surface area contributed by atoms with Crippen molar-refractivity contribution in [2.24, 2.45) is 5.92 Å². The van der Waals surface area contributed by atoms with Crippen molar-refractivity contribution in [3.05, 3.63) is 71.8 Å². The zero-order valence-corrected chi connectivity index (χ0v) is 15.1. The Bertz CT molecular complexity index is 886. The van der Waals surface area contributed by atoms with Gasteiger partial charge in [-0.1, -0.05) is 67.1 Å². The Morgan fingerprint density at radius 2 is 1.68 bits per heavy atom. The number of β-lactam (4-membered cyclic amide) rings is 1. The van der Waals surface area contributed by atoms with E-state index in [2.05, 4.69) is 0 Å². The number of rotatable bonds is 5. The van der Waals surface area contributed by atoms with Gasteiger partial charge in [0.1, 0.15) is 0 Å². The van der Waals surface area contributed by atoms with Crippen LogP contribution in [-0.4, -0.2) is 24.7 Å². The normalized spacial score (nSPS) is 20.7. The number of nitrogens with zero attached hydrogens (tertiary/aromatic N) is 1. The van der Waals surface area contributed by atoms with Crippen molar-refractivity contribution in [2.45, 2.75) is 31.2 Å². The number of carbonyl (C=O) groups excluding carboxylic acids is 1. The van der Waals surface area contributed by atoms with Gasteiger partial charge >= 0.3 is 0 Å². The van der Waals surface area contributed by atoms with Crippen molar-refractivity contribution in [3.8, 4) is 0 Å². The van der Waals surface area contributed by atoms with Gasteiger partial charge in [-0.15, -0.1) is 0 Å². The first-order valence-corrected chi connectivity index (χ1v) is 9.77. The first kappa shape index (κ1) is 17.4. The molecule has 4 nitrogen and oxygen atoms in total. The third-order valence-corrected chi connectivity index (χ3v) is 6.33. The van der Waals surface area contributed by atoms with E-state index in [4.69, 9.17) is 0 Å². The van der Waals surface area contributed by atoms with Crippen LogP contribution in [0.1, 0.15) is 24.5 Å². The van der Waals surface area contributed by atoms with E-state index in [1.54, 1.807) is 24.3 Å². The van der Waals surface area contributed by atoms with Gasteiger partial charge in [0, 0.05) is 0 Å². The maximum absolute atomic E-state index is 12.9. The van der Waals surface area contributed by atoms with Gasteiger partial charge in [0.05, 0.1) is 16.9 Å². The van der Waals surface area contributed by atoms with Crippen molar-refractivity contribution in [1.29, 1.82) is 0 Å². The van der Waals surface area contributed by atoms with E-state index < -0.39 is 16.1 Å². The summed E-state index contributed by atoms with van der Waals surface area (Å²) in [6.45, 7) is 3.80. The topological polar surface area (TPSA) is 54.5 Å². The highest BCUT2D eigenvalue weighted by Gasteiger charge is 2.51. The smallest absolute Gasteiger partial charge is 0.267 e. The summed E-state index contributed by atoms with van der Waals surface area (Å²) in [7, 11) is -3.83. The fourth-order valence-electron chi connectivity index (χ4n) is 3.04. The maximum Gasteiger partial charge on any atom is 0.267 e. The molecule has 0 aromatic heterocycles. The summed E-state index contributed by atoms with van der Waals surface area (Å²) in [5, 5.41) is 0. The third kappa shape index (κ3) is 3.24. The summed E-state index contributed by atoms with van der Waals surface area (Å²) in [5.41, 5.74) is 1.95. The van der Waals surface area contributed by atoms with Crippen LogP contribution in [0.5, 0.6) is 0 Å². The fourth-order valence-corrected chi connectivity index (χ4v) is 4.66. The van der Waals surface area contributed by atoms with E-state index in [0.29, 0.717) is 6.42 Å². The molecule has 2 aromatic rings. The Morgan fingerprint density at radius 1 is 1.04 bits per heavy atom. The lowest BCUT2D eigenvalue weighted by Crippen LogP contribution is -2.61. The zero-order valence-electron chi connectivity index (χ0n) is 14.3. The highest BCUT2D eigenvalue weighted by atomic mass is 32.2. The number of hydrogen-bond acceptors (Lipinski definition) is 3. The minimum absolute atomic E-state index is 0.152. The average molecular weight is 355 g/mol. The van der Waals surface area contributed by atoms with Crippen LogP contribution in [-0.2, 0) is 14.8 Å². The molecule has 130 valence electrons. The summed E-state index contributed by atoms with van der Waals surface area (Å²) < 4.78 is 26.8. The Labute approximate surface area is 148 Å². The van der Waals surface area contributed by atoms with E-state index in [9.17, 15) is 13.2 Å². The monoisotopic (exact) mass is 355 g/mol. The van der Waals surface area contributed by atoms with Crippen LogP contribution in [0.4, 0.5) is 0 Å². The molecule has 25 heavy (non-hydrogen) atoms. The molecule has 0 bridgehead atoms. The second-order valence-corrected chi connectivity index (χ2v) is 8.04. The van der Waals surface area contributed by atoms with Gasteiger partial charge in [0.25, 0.3) is 10.0 Å². The van der Waals surface area contributed by atoms with E-state index in [-0.39, 0.29) is 16.7 Å². The Balaban J connectivity index is 1.92. The lowest BCUT2D eigenvalue weighted by Gasteiger charge is -2.44. The van der Waals surface area contributed by atoms with E-state index in [0.717, 1.165) is 15.4 Å². The molecule has 0 radical (unpaired) electrons. The average Bonchev–Trinajstić information content (AvgIpc) is 2.60. The summed E-state index contributed by atoms with van der Waals surface area (Å²) in [5.74, 6) is -0.619. The summed E-state index contributed by atoms with van der Waals surface area (Å²) in [4.78, 5) is 12.6. The largest absolute Gasteiger partial charge is 0.273 e. The van der Waals surface area contributed by atoms with Crippen molar-refractivity contribution in [2.75, 3.05) is 0 Å². The minimum Gasteiger partial charge on any atom is -0.273 e. The van der Waals surface area contributed by atoms with E-state index in [1.807, 2.05) is 56.3 Å². The van der Waals surface area contributed by atoms with Crippen LogP contribution in [0.25, 0.3) is 6.08 Å². The number of benzene rings is 2. The molecule has 0 N–H and O–H groups in total. The molecule has 0 spiro atoms. The molecule has 1 aliphatic heterocycles. The second-order valence-electron chi connectivity index (χ2n) is 6.23. The lowest BCUT2D eigenvalue weighted by molar-refractivity contribution is -0.143. The molecule has 1 amide bonds. The summed E-state index contributed by atoms with van der Waals surface area (Å²) in [6, 6.07) is 15.8. The molecule has 5 heteroatoms. The van der Waals surface area contributed by atoms with Gasteiger partial charge < -0.3 is 0 Å². The molecular weight excluding hydrogens is 334 g/mol. The molecule has 1 fully saturated rings. The van der Waals surface area contributed by atoms with Gasteiger partial charge in [0.2, 0.25) is 5.91 Å². The number of hydrogen-bond donors (Lipinski definition) is 0. The molecule has 2 aromatic carbocycles. The van der Waals surface area contributed by atoms with E-state index >= 15 is 0 Å². The van der Waals surface area contributed by atoms with Crippen molar-refractivity contribution in [1.82, 2.24) is 4.31 Å². The number of carbonyl (C=O) groups is 1. The Hall–Kier alpha value is -2.40. The minimum atomic E-state index is -3.83. The molecule has 0 unspecified atom stereocenters. The lowest BCUT2D eigenvalue weighted by atomic mass is 9.87. The van der Waals surface area contributed by atoms with Gasteiger partial charge in [-0.25, -0.2) is 12.7 Å².